The Morgan fingerprint density at radius 1 is 1.06 bits per heavy atom. The van der Waals surface area contributed by atoms with Gasteiger partial charge in [0.2, 0.25) is 0 Å². The molecule has 7 nitrogen and oxygen atoms in total. The van der Waals surface area contributed by atoms with Crippen LogP contribution in [0, 0.1) is 0 Å². The number of carbonyl (C=O) groups excluding carboxylic acids is 1. The van der Waals surface area contributed by atoms with Crippen LogP contribution in [0.15, 0.2) is 58.5 Å². The topological polar surface area (TPSA) is 89.0 Å². The van der Waals surface area contributed by atoms with E-state index in [0.29, 0.717) is 30.5 Å². The lowest BCUT2D eigenvalue weighted by Gasteiger charge is -2.36. The Balaban J connectivity index is 1.29. The number of ether oxygens (including phenoxy) is 2. The first kappa shape index (κ1) is 24.9. The minimum Gasteiger partial charge on any atom is -0.480 e. The molecule has 1 aliphatic carbocycles. The van der Waals surface area contributed by atoms with E-state index in [4.69, 9.17) is 9.47 Å². The molecule has 1 aromatic heterocycles. The molecule has 1 amide bonds. The highest BCUT2D eigenvalue weighted by Crippen LogP contribution is 2.44. The minimum atomic E-state index is -1.03. The van der Waals surface area contributed by atoms with Crippen LogP contribution in [-0.4, -0.2) is 53.4 Å². The van der Waals surface area contributed by atoms with E-state index in [1.807, 2.05) is 29.6 Å². The van der Waals surface area contributed by atoms with E-state index in [2.05, 4.69) is 45.2 Å². The SMILES string of the molecule is O=C(O)COC1(c2nc(Br)cs2)CCCCN(C(=O)OCC2c3ccccc3-c3ccccc32)CC1. The van der Waals surface area contributed by atoms with E-state index in [-0.39, 0.29) is 18.6 Å². The van der Waals surface area contributed by atoms with E-state index in [1.165, 1.54) is 33.6 Å². The van der Waals surface area contributed by atoms with Crippen LogP contribution >= 0.6 is 27.3 Å². The molecule has 0 spiro atoms. The number of hydrogen-bond acceptors (Lipinski definition) is 6. The molecule has 9 heteroatoms. The lowest BCUT2D eigenvalue weighted by Crippen LogP contribution is -2.42. The van der Waals surface area contributed by atoms with Gasteiger partial charge in [0.25, 0.3) is 0 Å². The van der Waals surface area contributed by atoms with Gasteiger partial charge in [-0.05, 0) is 57.4 Å². The zero-order valence-corrected chi connectivity index (χ0v) is 22.1. The summed E-state index contributed by atoms with van der Waals surface area (Å²) in [5.74, 6) is -1.03. The third-order valence-electron chi connectivity index (χ3n) is 6.98. The lowest BCUT2D eigenvalue weighted by atomic mass is 9.91. The number of carboxylic acid groups (broad SMARTS) is 1. The first-order chi connectivity index (χ1) is 17.5. The fourth-order valence-corrected chi connectivity index (χ4v) is 6.68. The minimum absolute atomic E-state index is 0.00163. The molecule has 5 rings (SSSR count). The number of rotatable bonds is 6. The van der Waals surface area contributed by atoms with Gasteiger partial charge in [-0.15, -0.1) is 11.3 Å². The summed E-state index contributed by atoms with van der Waals surface area (Å²) >= 11 is 4.83. The van der Waals surface area contributed by atoms with Crippen molar-refractivity contribution in [2.75, 3.05) is 26.3 Å². The Kier molecular flexibility index (Phi) is 7.41. The first-order valence-corrected chi connectivity index (χ1v) is 13.7. The molecule has 0 saturated carbocycles. The number of likely N-dealkylation sites (tertiary alicyclic amines) is 1. The van der Waals surface area contributed by atoms with E-state index in [1.54, 1.807) is 4.90 Å². The Morgan fingerprint density at radius 3 is 2.39 bits per heavy atom. The number of aromatic nitrogens is 1. The quantitative estimate of drug-likeness (QED) is 0.389. The van der Waals surface area contributed by atoms with E-state index in [9.17, 15) is 14.7 Å². The van der Waals surface area contributed by atoms with Crippen LogP contribution in [-0.2, 0) is 19.9 Å². The molecule has 1 unspecified atom stereocenters. The molecule has 2 heterocycles. The summed E-state index contributed by atoms with van der Waals surface area (Å²) in [4.78, 5) is 30.8. The number of benzene rings is 2. The van der Waals surface area contributed by atoms with Gasteiger partial charge in [-0.2, -0.15) is 0 Å². The number of fused-ring (bicyclic) bond motifs is 3. The maximum absolute atomic E-state index is 13.2. The zero-order valence-electron chi connectivity index (χ0n) is 19.7. The Morgan fingerprint density at radius 2 is 1.75 bits per heavy atom. The molecule has 1 fully saturated rings. The molecule has 2 aromatic carbocycles. The zero-order chi connectivity index (χ0) is 25.1. The van der Waals surface area contributed by atoms with Crippen molar-refractivity contribution >= 4 is 39.3 Å². The van der Waals surface area contributed by atoms with Crippen LogP contribution in [0.4, 0.5) is 4.79 Å². The number of amides is 1. The van der Waals surface area contributed by atoms with Crippen molar-refractivity contribution in [2.24, 2.45) is 0 Å². The highest BCUT2D eigenvalue weighted by molar-refractivity contribution is 9.10. The van der Waals surface area contributed by atoms with Crippen LogP contribution in [0.5, 0.6) is 0 Å². The second kappa shape index (κ2) is 10.7. The molecule has 36 heavy (non-hydrogen) atoms. The summed E-state index contributed by atoms with van der Waals surface area (Å²) in [6, 6.07) is 16.5. The molecular weight excluding hydrogens is 544 g/mol. The van der Waals surface area contributed by atoms with E-state index >= 15 is 0 Å². The highest BCUT2D eigenvalue weighted by atomic mass is 79.9. The average molecular weight is 571 g/mol. The van der Waals surface area contributed by atoms with Gasteiger partial charge in [-0.1, -0.05) is 48.5 Å². The molecule has 1 saturated heterocycles. The van der Waals surface area contributed by atoms with Gasteiger partial charge in [-0.3, -0.25) is 0 Å². The molecule has 0 bridgehead atoms. The summed E-state index contributed by atoms with van der Waals surface area (Å²) in [6.07, 6.45) is 2.30. The number of aliphatic carboxylic acids is 1. The summed E-state index contributed by atoms with van der Waals surface area (Å²) < 4.78 is 12.5. The second-order valence-electron chi connectivity index (χ2n) is 9.15. The maximum Gasteiger partial charge on any atom is 0.409 e. The summed E-state index contributed by atoms with van der Waals surface area (Å²) in [5.41, 5.74) is 3.88. The predicted molar refractivity (Wildman–Crippen MR) is 140 cm³/mol. The first-order valence-electron chi connectivity index (χ1n) is 12.0. The summed E-state index contributed by atoms with van der Waals surface area (Å²) in [5, 5.41) is 11.8. The smallest absolute Gasteiger partial charge is 0.409 e. The highest BCUT2D eigenvalue weighted by Gasteiger charge is 2.39. The van der Waals surface area contributed by atoms with Gasteiger partial charge in [0.05, 0.1) is 0 Å². The summed E-state index contributed by atoms with van der Waals surface area (Å²) in [6.45, 7) is 0.840. The number of halogens is 1. The monoisotopic (exact) mass is 570 g/mol. The van der Waals surface area contributed by atoms with Crippen molar-refractivity contribution < 1.29 is 24.2 Å². The third-order valence-corrected chi connectivity index (χ3v) is 8.71. The van der Waals surface area contributed by atoms with Crippen molar-refractivity contribution in [3.05, 3.63) is 74.6 Å². The van der Waals surface area contributed by atoms with E-state index < -0.39 is 18.2 Å². The molecule has 188 valence electrons. The Bertz CT molecular complexity index is 1220. The van der Waals surface area contributed by atoms with Crippen molar-refractivity contribution in [2.45, 2.75) is 37.2 Å². The number of nitrogens with zero attached hydrogens (tertiary/aromatic N) is 2. The largest absolute Gasteiger partial charge is 0.480 e. The van der Waals surface area contributed by atoms with Gasteiger partial charge in [0.1, 0.15) is 28.4 Å². The van der Waals surface area contributed by atoms with E-state index in [0.717, 1.165) is 17.8 Å². The molecule has 1 aliphatic heterocycles. The Labute approximate surface area is 222 Å². The molecule has 1 N–H and O–H groups in total. The Hall–Kier alpha value is -2.75. The number of thiazole rings is 1. The van der Waals surface area contributed by atoms with Crippen LogP contribution in [0.3, 0.4) is 0 Å². The van der Waals surface area contributed by atoms with Crippen molar-refractivity contribution in [3.8, 4) is 11.1 Å². The predicted octanol–water partition coefficient (Wildman–Crippen LogP) is 6.03. The number of carboxylic acids is 1. The second-order valence-corrected chi connectivity index (χ2v) is 10.8. The van der Waals surface area contributed by atoms with Gasteiger partial charge in [-0.25, -0.2) is 14.6 Å². The van der Waals surface area contributed by atoms with Crippen LogP contribution in [0.2, 0.25) is 0 Å². The van der Waals surface area contributed by atoms with Gasteiger partial charge in [0.15, 0.2) is 0 Å². The molecule has 0 radical (unpaired) electrons. The van der Waals surface area contributed by atoms with Crippen LogP contribution < -0.4 is 0 Å². The van der Waals surface area contributed by atoms with Gasteiger partial charge in [0, 0.05) is 30.8 Å². The average Bonchev–Trinajstić information content (AvgIpc) is 3.44. The summed E-state index contributed by atoms with van der Waals surface area (Å²) in [7, 11) is 0. The molecule has 1 atom stereocenters. The standard InChI is InChI=1S/C27H27BrN2O5S/c28-23-17-36-25(29-23)27(35-16-24(31)32)11-5-6-13-30(14-12-27)26(33)34-15-22-20-9-3-1-7-18(20)19-8-2-4-10-21(19)22/h1-4,7-10,17,22H,5-6,11-16H2,(H,31,32). The van der Waals surface area contributed by atoms with Crippen molar-refractivity contribution in [1.82, 2.24) is 9.88 Å². The molecule has 2 aliphatic rings. The third kappa shape index (κ3) is 5.05. The van der Waals surface area contributed by atoms with Crippen molar-refractivity contribution in [3.63, 3.8) is 0 Å². The van der Waals surface area contributed by atoms with Gasteiger partial charge >= 0.3 is 12.1 Å². The lowest BCUT2D eigenvalue weighted by molar-refractivity contribution is -0.153. The fourth-order valence-electron chi connectivity index (χ4n) is 5.22. The normalized spacial score (nSPS) is 19.8. The fraction of sp³-hybridized carbons (Fsp3) is 0.370. The maximum atomic E-state index is 13.2. The number of hydrogen-bond donors (Lipinski definition) is 1. The van der Waals surface area contributed by atoms with Crippen LogP contribution in [0.1, 0.15) is 47.7 Å². The molecular formula is C27H27BrN2O5S. The number of carbonyl (C=O) groups is 2. The van der Waals surface area contributed by atoms with Crippen molar-refractivity contribution in [1.29, 1.82) is 0 Å². The van der Waals surface area contributed by atoms with Crippen LogP contribution in [0.25, 0.3) is 11.1 Å². The molecule has 3 aromatic rings. The van der Waals surface area contributed by atoms with Gasteiger partial charge < -0.3 is 19.5 Å².